The maximum Gasteiger partial charge on any atom is 0.254 e. The first kappa shape index (κ1) is 14.5. The summed E-state index contributed by atoms with van der Waals surface area (Å²) in [7, 11) is 1.87. The second kappa shape index (κ2) is 5.85. The van der Waals surface area contributed by atoms with Gasteiger partial charge in [-0.15, -0.1) is 12.4 Å². The van der Waals surface area contributed by atoms with Crippen molar-refractivity contribution in [1.82, 2.24) is 10.2 Å². The van der Waals surface area contributed by atoms with E-state index < -0.39 is 0 Å². The van der Waals surface area contributed by atoms with Gasteiger partial charge in [0.25, 0.3) is 5.91 Å². The lowest BCUT2D eigenvalue weighted by Gasteiger charge is -2.35. The molecule has 1 fully saturated rings. The monoisotopic (exact) mass is 318 g/mol. The number of benzene rings is 1. The third-order valence-corrected chi connectivity index (χ3v) is 3.99. The molecule has 0 spiro atoms. The standard InChI is InChI=1S/C12H15BrN2O.ClH/c1-8-10(4-3-5-11(8)13)12(16)15(2)9-6-14-7-9;/h3-5,9,14H,6-7H2,1-2H3;1H. The van der Waals surface area contributed by atoms with Gasteiger partial charge >= 0.3 is 0 Å². The Morgan fingerprint density at radius 3 is 2.65 bits per heavy atom. The van der Waals surface area contributed by atoms with Crippen molar-refractivity contribution >= 4 is 34.2 Å². The van der Waals surface area contributed by atoms with Crippen molar-refractivity contribution < 1.29 is 4.79 Å². The molecule has 17 heavy (non-hydrogen) atoms. The zero-order valence-corrected chi connectivity index (χ0v) is 12.3. The summed E-state index contributed by atoms with van der Waals surface area (Å²) in [6.07, 6.45) is 0. The smallest absolute Gasteiger partial charge is 0.254 e. The normalized spacial score (nSPS) is 14.8. The van der Waals surface area contributed by atoms with Gasteiger partial charge in [-0.05, 0) is 24.6 Å². The third kappa shape index (κ3) is 2.81. The molecule has 0 aliphatic carbocycles. The molecule has 1 saturated heterocycles. The number of likely N-dealkylation sites (N-methyl/N-ethyl adjacent to an activating group) is 1. The molecule has 0 aromatic heterocycles. The van der Waals surface area contributed by atoms with Crippen LogP contribution < -0.4 is 5.32 Å². The lowest BCUT2D eigenvalue weighted by atomic mass is 10.1. The van der Waals surface area contributed by atoms with Crippen molar-refractivity contribution in [2.75, 3.05) is 20.1 Å². The summed E-state index contributed by atoms with van der Waals surface area (Å²) in [6, 6.07) is 6.07. The highest BCUT2D eigenvalue weighted by Gasteiger charge is 2.26. The minimum Gasteiger partial charge on any atom is -0.336 e. The van der Waals surface area contributed by atoms with Gasteiger partial charge in [-0.25, -0.2) is 0 Å². The molecule has 5 heteroatoms. The summed E-state index contributed by atoms with van der Waals surface area (Å²) in [6.45, 7) is 3.76. The highest BCUT2D eigenvalue weighted by molar-refractivity contribution is 9.10. The Hall–Kier alpha value is -0.580. The van der Waals surface area contributed by atoms with Gasteiger partial charge in [0.15, 0.2) is 0 Å². The maximum atomic E-state index is 12.2. The lowest BCUT2D eigenvalue weighted by Crippen LogP contribution is -2.57. The van der Waals surface area contributed by atoms with Gasteiger partial charge in [0, 0.05) is 30.2 Å². The van der Waals surface area contributed by atoms with Crippen LogP contribution in [0.3, 0.4) is 0 Å². The van der Waals surface area contributed by atoms with E-state index in [1.54, 1.807) is 0 Å². The third-order valence-electron chi connectivity index (χ3n) is 3.13. The van der Waals surface area contributed by atoms with Crippen molar-refractivity contribution in [3.63, 3.8) is 0 Å². The van der Waals surface area contributed by atoms with E-state index in [1.165, 1.54) is 0 Å². The number of carbonyl (C=O) groups excluding carboxylic acids is 1. The Kier molecular flexibility index (Phi) is 4.98. The largest absolute Gasteiger partial charge is 0.336 e. The van der Waals surface area contributed by atoms with E-state index >= 15 is 0 Å². The lowest BCUT2D eigenvalue weighted by molar-refractivity contribution is 0.0680. The number of nitrogens with zero attached hydrogens (tertiary/aromatic N) is 1. The zero-order valence-electron chi connectivity index (χ0n) is 9.87. The van der Waals surface area contributed by atoms with Crippen molar-refractivity contribution in [1.29, 1.82) is 0 Å². The predicted molar refractivity (Wildman–Crippen MR) is 74.9 cm³/mol. The van der Waals surface area contributed by atoms with E-state index in [0.717, 1.165) is 28.7 Å². The van der Waals surface area contributed by atoms with Crippen LogP contribution in [0.2, 0.25) is 0 Å². The van der Waals surface area contributed by atoms with Crippen molar-refractivity contribution in [2.45, 2.75) is 13.0 Å². The van der Waals surface area contributed by atoms with Crippen LogP contribution in [-0.4, -0.2) is 37.0 Å². The van der Waals surface area contributed by atoms with Crippen LogP contribution in [0.1, 0.15) is 15.9 Å². The van der Waals surface area contributed by atoms with Crippen LogP contribution in [0, 0.1) is 6.92 Å². The van der Waals surface area contributed by atoms with Gasteiger partial charge in [-0.1, -0.05) is 22.0 Å². The first-order valence-corrected chi connectivity index (χ1v) is 6.13. The average Bonchev–Trinajstić information content (AvgIpc) is 2.18. The molecular weight excluding hydrogens is 304 g/mol. The summed E-state index contributed by atoms with van der Waals surface area (Å²) >= 11 is 3.45. The number of hydrogen-bond acceptors (Lipinski definition) is 2. The Balaban J connectivity index is 0.00000144. The molecule has 0 saturated carbocycles. The van der Waals surface area contributed by atoms with Crippen LogP contribution in [0.5, 0.6) is 0 Å². The van der Waals surface area contributed by atoms with Gasteiger partial charge in [0.05, 0.1) is 6.04 Å². The van der Waals surface area contributed by atoms with Gasteiger partial charge in [0.2, 0.25) is 0 Å². The minimum atomic E-state index is 0. The molecule has 1 aliphatic rings. The molecule has 1 amide bonds. The van der Waals surface area contributed by atoms with E-state index in [2.05, 4.69) is 21.2 Å². The van der Waals surface area contributed by atoms with Crippen molar-refractivity contribution in [3.05, 3.63) is 33.8 Å². The summed E-state index contributed by atoms with van der Waals surface area (Å²) in [4.78, 5) is 14.1. The number of carbonyl (C=O) groups is 1. The van der Waals surface area contributed by atoms with Crippen LogP contribution in [0.15, 0.2) is 22.7 Å². The first-order valence-electron chi connectivity index (χ1n) is 5.34. The number of nitrogens with one attached hydrogen (secondary N) is 1. The van der Waals surface area contributed by atoms with E-state index in [4.69, 9.17) is 0 Å². The van der Waals surface area contributed by atoms with Crippen molar-refractivity contribution in [2.24, 2.45) is 0 Å². The minimum absolute atomic E-state index is 0. The molecule has 1 aromatic carbocycles. The fraction of sp³-hybridized carbons (Fsp3) is 0.417. The molecule has 1 aromatic rings. The number of hydrogen-bond donors (Lipinski definition) is 1. The fourth-order valence-corrected chi connectivity index (χ4v) is 2.11. The van der Waals surface area contributed by atoms with Gasteiger partial charge in [0.1, 0.15) is 0 Å². The zero-order chi connectivity index (χ0) is 11.7. The molecule has 1 aliphatic heterocycles. The van der Waals surface area contributed by atoms with Crippen LogP contribution in [0.4, 0.5) is 0 Å². The molecule has 2 rings (SSSR count). The number of rotatable bonds is 2. The quantitative estimate of drug-likeness (QED) is 0.906. The molecule has 0 unspecified atom stereocenters. The fourth-order valence-electron chi connectivity index (χ4n) is 1.74. The maximum absolute atomic E-state index is 12.2. The Morgan fingerprint density at radius 2 is 2.12 bits per heavy atom. The highest BCUT2D eigenvalue weighted by Crippen LogP contribution is 2.21. The summed E-state index contributed by atoms with van der Waals surface area (Å²) < 4.78 is 0.985. The predicted octanol–water partition coefficient (Wildman–Crippen LogP) is 2.22. The molecular formula is C12H16BrClN2O. The molecule has 0 radical (unpaired) electrons. The van der Waals surface area contributed by atoms with Crippen LogP contribution in [0.25, 0.3) is 0 Å². The van der Waals surface area contributed by atoms with E-state index in [1.807, 2.05) is 37.1 Å². The highest BCUT2D eigenvalue weighted by atomic mass is 79.9. The summed E-state index contributed by atoms with van der Waals surface area (Å²) in [5.41, 5.74) is 1.79. The van der Waals surface area contributed by atoms with Gasteiger partial charge in [-0.3, -0.25) is 4.79 Å². The molecule has 94 valence electrons. The van der Waals surface area contributed by atoms with Gasteiger partial charge in [-0.2, -0.15) is 0 Å². The Labute approximate surface area is 116 Å². The first-order chi connectivity index (χ1) is 7.61. The number of amides is 1. The topological polar surface area (TPSA) is 32.3 Å². The van der Waals surface area contributed by atoms with Crippen LogP contribution in [-0.2, 0) is 0 Å². The summed E-state index contributed by atoms with van der Waals surface area (Å²) in [5, 5.41) is 3.17. The van der Waals surface area contributed by atoms with E-state index in [0.29, 0.717) is 6.04 Å². The second-order valence-corrected chi connectivity index (χ2v) is 4.99. The van der Waals surface area contributed by atoms with E-state index in [-0.39, 0.29) is 18.3 Å². The van der Waals surface area contributed by atoms with Gasteiger partial charge < -0.3 is 10.2 Å². The number of halogens is 2. The summed E-state index contributed by atoms with van der Waals surface area (Å²) in [5.74, 6) is 0.102. The SMILES string of the molecule is Cc1c(Br)cccc1C(=O)N(C)C1CNC1.Cl. The molecule has 0 bridgehead atoms. The van der Waals surface area contributed by atoms with E-state index in [9.17, 15) is 4.79 Å². The molecule has 0 atom stereocenters. The average molecular weight is 320 g/mol. The van der Waals surface area contributed by atoms with Crippen molar-refractivity contribution in [3.8, 4) is 0 Å². The molecule has 3 nitrogen and oxygen atoms in total. The molecule has 1 N–H and O–H groups in total. The second-order valence-electron chi connectivity index (χ2n) is 4.14. The Morgan fingerprint density at radius 1 is 1.47 bits per heavy atom. The molecule has 1 heterocycles. The Bertz CT molecular complexity index is 421. The van der Waals surface area contributed by atoms with Crippen LogP contribution >= 0.6 is 28.3 Å².